The molecule has 141 heavy (non-hydrogen) atoms. The number of aliphatic carboxylic acids is 1. The molecule has 2 heterocycles. The Labute approximate surface area is 818 Å². The number of amides is 20. The molecular formula is C86H154N30O25. The van der Waals surface area contributed by atoms with Gasteiger partial charge in [-0.2, -0.15) is 0 Å². The Morgan fingerprint density at radius 3 is 1.13 bits per heavy atom. The van der Waals surface area contributed by atoms with Crippen LogP contribution in [0.3, 0.4) is 0 Å². The predicted octanol–water partition coefficient (Wildman–Crippen LogP) is -12.4. The normalized spacial score (nSPS) is 17.2. The maximum Gasteiger partial charge on any atom is 0.322 e. The van der Waals surface area contributed by atoms with Crippen LogP contribution in [0.5, 0.6) is 0 Å². The lowest BCUT2D eigenvalue weighted by molar-refractivity contribution is -0.142. The summed E-state index contributed by atoms with van der Waals surface area (Å²) in [5, 5.41) is 103. The van der Waals surface area contributed by atoms with Gasteiger partial charge in [-0.25, -0.2) is 0 Å². The van der Waals surface area contributed by atoms with Gasteiger partial charge >= 0.3 is 5.97 Å². The van der Waals surface area contributed by atoms with Crippen LogP contribution in [0, 0.1) is 16.7 Å². The molecule has 0 aromatic heterocycles. The molecule has 798 valence electrons. The van der Waals surface area contributed by atoms with Crippen LogP contribution in [0.1, 0.15) is 198 Å². The van der Waals surface area contributed by atoms with Crippen LogP contribution >= 0.6 is 0 Å². The molecule has 20 unspecified atom stereocenters. The molecule has 37 N–H and O–H groups in total. The third-order valence-corrected chi connectivity index (χ3v) is 22.6. The maximum atomic E-state index is 14.5. The van der Waals surface area contributed by atoms with E-state index in [1.165, 1.54) is 46.4 Å². The molecule has 2 saturated heterocycles. The summed E-state index contributed by atoms with van der Waals surface area (Å²) in [6, 6.07) is -26.1. The number of nitrogens with zero attached hydrogens (tertiary/aromatic N) is 3. The molecule has 0 bridgehead atoms. The van der Waals surface area contributed by atoms with Crippen molar-refractivity contribution in [3.63, 3.8) is 0 Å². The number of likely N-dealkylation sites (tertiary alicyclic amines) is 2. The fourth-order valence-corrected chi connectivity index (χ4v) is 14.7. The van der Waals surface area contributed by atoms with Gasteiger partial charge in [0, 0.05) is 32.6 Å². The summed E-state index contributed by atoms with van der Waals surface area (Å²) in [5.41, 5.74) is 33.9. The number of rotatable bonds is 66. The van der Waals surface area contributed by atoms with Gasteiger partial charge in [-0.3, -0.25) is 112 Å². The van der Waals surface area contributed by atoms with Crippen molar-refractivity contribution in [2.45, 2.75) is 319 Å². The zero-order valence-electron chi connectivity index (χ0n) is 82.5. The molecule has 0 aromatic carbocycles. The number of hydrogen-bond donors (Lipinski definition) is 31. The Bertz CT molecular complexity index is 4240. The number of nitrogens with one attached hydrogen (secondary N) is 21. The van der Waals surface area contributed by atoms with E-state index in [1.54, 1.807) is 27.9 Å². The highest BCUT2D eigenvalue weighted by Gasteiger charge is 2.43. The van der Waals surface area contributed by atoms with E-state index in [0.29, 0.717) is 32.2 Å². The number of nitrogens with two attached hydrogens (primary N) is 6. The fourth-order valence-electron chi connectivity index (χ4n) is 14.7. The standard InChI is InChI=1S/C86H154N30O25/c1-43(2)39-58(110-76(133)57(30-31-62(90)120)107-72(129)53(24-14-17-33-88)105-74(131)56(27-20-35-96-86(93)94)108-80(137)61-29-21-37-115(61)83(140)44(3)89)77(134)101-47(6)69(126)113-66(51(10)119)82(139)109-52(23-13-16-32-87)71(128)100-45(4)67(124)99-46(5)68(125)104-55(26-19-34-95-85(91)92)73(130)106-54(25-15-18-36-114(11)12)75(132)111-59(42-117)78(135)103-49(8)84(141)116-38-22-28-60(116)79(136)102-48(7)70(127)112-65(50(9)118)81(138)98-40-63(121)97-41-64(122)123/h43-61,65-66,117-119H,13-42,87-89H2,1-12H3,(H2,90,120)(H,97,121)(H,98,138)(H,99,124)(H,100,128)(H,101,134)(H,102,136)(H,103,135)(H,104,125)(H,105,131)(H,106,130)(H,107,129)(H,108,137)(H,109,139)(H,110,133)(H,111,132)(H,112,127)(H,113,126)(H,122,123)(H4,91,92,95)(H4,93,94,96). The number of carboxylic acid groups (broad SMARTS) is 1. The summed E-state index contributed by atoms with van der Waals surface area (Å²) in [6.45, 7) is 12.0. The van der Waals surface area contributed by atoms with E-state index in [-0.39, 0.29) is 141 Å². The minimum atomic E-state index is -1.85. The lowest BCUT2D eigenvalue weighted by Gasteiger charge is -2.29. The minimum Gasteiger partial charge on any atom is -0.480 e. The van der Waals surface area contributed by atoms with Crippen molar-refractivity contribution < 1.29 is 121 Å². The number of hydrogen-bond acceptors (Lipinski definition) is 30. The van der Waals surface area contributed by atoms with Gasteiger partial charge in [0.1, 0.15) is 109 Å². The second-order valence-electron chi connectivity index (χ2n) is 35.8. The SMILES string of the molecule is CC(C)CC(NC(=O)C(CCC(N)=O)NC(=O)C(CCCCN)NC(=O)C(CCCNC(=N)N)NC(=O)C1CCCN1C(=O)C(C)N)C(=O)NC(C)C(=O)NC(C(=O)NC(CCCCN)C(=O)NC(C)C(=O)NC(C)C(=O)NC(CCCNC(=N)N)C(=O)NC(CCCCN(C)C)C(=O)NC(CO)C(=O)NC(C)C(=O)N1CCCC1C(=O)NC(C)C(=O)NC(C(=O)NCC(=O)NCC(=O)O)C(C)O)C(C)O. The third-order valence-electron chi connectivity index (χ3n) is 22.6. The number of carboxylic acids is 1. The molecule has 0 saturated carbocycles. The number of carbonyl (C=O) groups is 21. The van der Waals surface area contributed by atoms with E-state index in [1.807, 2.05) is 10.2 Å². The van der Waals surface area contributed by atoms with Crippen LogP contribution in [0.25, 0.3) is 0 Å². The first kappa shape index (κ1) is 124. The molecule has 55 heteroatoms. The maximum absolute atomic E-state index is 14.5. The summed E-state index contributed by atoms with van der Waals surface area (Å²) < 4.78 is 0. The summed E-state index contributed by atoms with van der Waals surface area (Å²) in [5.74, 6) is -21.0. The molecule has 20 atom stereocenters. The topological polar surface area (TPSA) is 882 Å². The van der Waals surface area contributed by atoms with Gasteiger partial charge in [0.05, 0.1) is 31.4 Å². The zero-order valence-corrected chi connectivity index (χ0v) is 82.5. The number of unbranched alkanes of at least 4 members (excludes halogenated alkanes) is 3. The highest BCUT2D eigenvalue weighted by atomic mass is 16.4. The van der Waals surface area contributed by atoms with Crippen molar-refractivity contribution in [3.05, 3.63) is 0 Å². The van der Waals surface area contributed by atoms with E-state index in [2.05, 4.69) is 95.7 Å². The first-order valence-electron chi connectivity index (χ1n) is 47.3. The first-order valence-corrected chi connectivity index (χ1v) is 47.3. The molecule has 2 rings (SSSR count). The quantitative estimate of drug-likeness (QED) is 0.0153. The molecule has 0 aliphatic carbocycles. The minimum absolute atomic E-state index is 0.00225. The van der Waals surface area contributed by atoms with Gasteiger partial charge in [0.15, 0.2) is 11.9 Å². The third kappa shape index (κ3) is 46.4. The number of guanidine groups is 2. The molecule has 20 amide bonds. The summed E-state index contributed by atoms with van der Waals surface area (Å²) in [7, 11) is 3.58. The number of primary amides is 1. The molecule has 0 aromatic rings. The molecule has 0 radical (unpaired) electrons. The Kier molecular flexibility index (Phi) is 56.8. The van der Waals surface area contributed by atoms with Crippen molar-refractivity contribution in [2.75, 3.05) is 79.6 Å². The van der Waals surface area contributed by atoms with Gasteiger partial charge in [-0.15, -0.1) is 0 Å². The molecule has 2 fully saturated rings. The monoisotopic (exact) mass is 2010 g/mol. The van der Waals surface area contributed by atoms with Crippen LogP contribution in [0.2, 0.25) is 0 Å². The lowest BCUT2D eigenvalue weighted by atomic mass is 10.0. The second-order valence-corrected chi connectivity index (χ2v) is 35.8. The molecule has 55 nitrogen and oxygen atoms in total. The van der Waals surface area contributed by atoms with E-state index in [0.717, 1.165) is 18.7 Å². The molecular weight excluding hydrogens is 1850 g/mol. The van der Waals surface area contributed by atoms with Crippen molar-refractivity contribution in [1.29, 1.82) is 10.8 Å². The Morgan fingerprint density at radius 2 is 0.716 bits per heavy atom. The van der Waals surface area contributed by atoms with Crippen LogP contribution in [-0.4, -0.2) is 372 Å². The van der Waals surface area contributed by atoms with Gasteiger partial charge < -0.3 is 171 Å². The Morgan fingerprint density at radius 1 is 0.376 bits per heavy atom. The van der Waals surface area contributed by atoms with Gasteiger partial charge in [0.2, 0.25) is 118 Å². The fraction of sp³-hybridized carbons (Fsp3) is 0.733. The van der Waals surface area contributed by atoms with Crippen molar-refractivity contribution in [3.8, 4) is 0 Å². The van der Waals surface area contributed by atoms with Crippen molar-refractivity contribution in [2.24, 2.45) is 40.3 Å². The van der Waals surface area contributed by atoms with E-state index in [9.17, 15) is 116 Å². The van der Waals surface area contributed by atoms with E-state index < -0.39 is 284 Å². The van der Waals surface area contributed by atoms with Crippen molar-refractivity contribution in [1.82, 2.24) is 116 Å². The van der Waals surface area contributed by atoms with Crippen LogP contribution < -0.4 is 135 Å². The summed E-state index contributed by atoms with van der Waals surface area (Å²) in [4.78, 5) is 291. The van der Waals surface area contributed by atoms with Crippen LogP contribution in [-0.2, 0) is 101 Å². The molecule has 0 spiro atoms. The predicted molar refractivity (Wildman–Crippen MR) is 509 cm³/mol. The van der Waals surface area contributed by atoms with Gasteiger partial charge in [0.25, 0.3) is 0 Å². The largest absolute Gasteiger partial charge is 0.480 e. The number of carbonyl (C=O) groups excluding carboxylic acids is 20. The molecule has 2 aliphatic heterocycles. The number of aliphatic hydroxyl groups excluding tert-OH is 3. The van der Waals surface area contributed by atoms with Crippen LogP contribution in [0.15, 0.2) is 0 Å². The molecule has 2 aliphatic rings. The average Bonchev–Trinajstić information content (AvgIpc) is 1.67. The van der Waals surface area contributed by atoms with Crippen molar-refractivity contribution >= 4 is 136 Å². The highest BCUT2D eigenvalue weighted by molar-refractivity contribution is 6.02. The Hall–Kier alpha value is -12.9. The van der Waals surface area contributed by atoms with E-state index in [4.69, 9.17) is 50.3 Å². The second kappa shape index (κ2) is 64.5. The smallest absolute Gasteiger partial charge is 0.322 e. The lowest BCUT2D eigenvalue weighted by Crippen LogP contribution is -2.61. The van der Waals surface area contributed by atoms with E-state index >= 15 is 0 Å². The van der Waals surface area contributed by atoms with Gasteiger partial charge in [-0.1, -0.05) is 13.8 Å². The summed E-state index contributed by atoms with van der Waals surface area (Å²) >= 11 is 0. The number of aliphatic hydroxyl groups is 3. The Balaban J connectivity index is 2.34. The zero-order chi connectivity index (χ0) is 107. The summed E-state index contributed by atoms with van der Waals surface area (Å²) in [6.07, 6.45) is -1.61. The van der Waals surface area contributed by atoms with Gasteiger partial charge in [-0.05, 0) is 217 Å². The first-order chi connectivity index (χ1) is 66.2. The van der Waals surface area contributed by atoms with Crippen LogP contribution in [0.4, 0.5) is 0 Å². The average molecular weight is 2010 g/mol. The highest BCUT2D eigenvalue weighted by Crippen LogP contribution is 2.22.